The summed E-state index contributed by atoms with van der Waals surface area (Å²) in [6.07, 6.45) is 4.42. The average Bonchev–Trinajstić information content (AvgIpc) is 3.12. The number of primary amides is 1. The Bertz CT molecular complexity index is 1660. The van der Waals surface area contributed by atoms with Crippen molar-refractivity contribution < 1.29 is 19.1 Å². The Morgan fingerprint density at radius 1 is 0.750 bits per heavy atom. The van der Waals surface area contributed by atoms with Crippen LogP contribution >= 0.6 is 0 Å². The maximum absolute atomic E-state index is 13.9. The number of amides is 4. The number of anilines is 4. The fourth-order valence-electron chi connectivity index (χ4n) is 9.42. The van der Waals surface area contributed by atoms with Gasteiger partial charge in [0.1, 0.15) is 6.61 Å². The highest BCUT2D eigenvalue weighted by Gasteiger charge is 2.58. The summed E-state index contributed by atoms with van der Waals surface area (Å²) >= 11 is 0. The van der Waals surface area contributed by atoms with Crippen LogP contribution in [0.4, 0.5) is 32.3 Å². The molecule has 250 valence electrons. The van der Waals surface area contributed by atoms with Crippen LogP contribution in [-0.2, 0) is 16.1 Å². The van der Waals surface area contributed by atoms with Gasteiger partial charge in [-0.15, -0.1) is 0 Å². The molecule has 3 N–H and O–H groups in total. The summed E-state index contributed by atoms with van der Waals surface area (Å²) in [5, 5.41) is 3.43. The molecule has 4 amide bonds. The molecule has 9 rings (SSSR count). The molecule has 2 atom stereocenters. The second kappa shape index (κ2) is 12.4. The van der Waals surface area contributed by atoms with E-state index in [1.165, 1.54) is 0 Å². The number of para-hydroxylation sites is 2. The summed E-state index contributed by atoms with van der Waals surface area (Å²) in [5.74, 6) is 1.04. The zero-order valence-corrected chi connectivity index (χ0v) is 27.3. The van der Waals surface area contributed by atoms with Crippen molar-refractivity contribution in [2.24, 2.45) is 28.9 Å². The summed E-state index contributed by atoms with van der Waals surface area (Å²) in [6, 6.07) is 26.5. The molecule has 3 aromatic carbocycles. The monoisotopic (exact) mass is 648 g/mol. The van der Waals surface area contributed by atoms with Gasteiger partial charge in [0.15, 0.2) is 0 Å². The minimum absolute atomic E-state index is 0.0499. The molecule has 4 bridgehead atoms. The average molecular weight is 649 g/mol. The molecule has 4 saturated carbocycles. The highest BCUT2D eigenvalue weighted by molar-refractivity contribution is 5.98. The number of hydrogen-bond acceptors (Lipinski definition) is 6. The molecule has 6 aliphatic rings. The summed E-state index contributed by atoms with van der Waals surface area (Å²) in [4.78, 5) is 47.1. The van der Waals surface area contributed by atoms with Crippen LogP contribution in [0.3, 0.4) is 0 Å². The molecule has 10 heteroatoms. The number of rotatable bonds is 6. The van der Waals surface area contributed by atoms with Crippen molar-refractivity contribution in [2.75, 3.05) is 54.0 Å². The predicted octanol–water partition coefficient (Wildman–Crippen LogP) is 5.49. The van der Waals surface area contributed by atoms with Gasteiger partial charge in [0.25, 0.3) is 0 Å². The number of carbonyl (C=O) groups excluding carboxylic acids is 3. The Balaban J connectivity index is 0.893. The van der Waals surface area contributed by atoms with Gasteiger partial charge < -0.3 is 30.5 Å². The zero-order valence-electron chi connectivity index (χ0n) is 27.3. The van der Waals surface area contributed by atoms with E-state index < -0.39 is 0 Å². The Kier molecular flexibility index (Phi) is 7.89. The molecule has 4 aliphatic carbocycles. The molecule has 0 radical (unpaired) electrons. The number of urea groups is 1. The number of nitrogens with two attached hydrogens (primary N) is 1. The molecule has 0 spiro atoms. The number of benzene rings is 3. The minimum atomic E-state index is -0.365. The lowest BCUT2D eigenvalue weighted by Gasteiger charge is -2.59. The van der Waals surface area contributed by atoms with E-state index in [0.29, 0.717) is 43.9 Å². The highest BCUT2D eigenvalue weighted by atomic mass is 16.6. The second-order valence-electron chi connectivity index (χ2n) is 14.4. The van der Waals surface area contributed by atoms with E-state index >= 15 is 0 Å². The first kappa shape index (κ1) is 30.6. The van der Waals surface area contributed by atoms with Crippen LogP contribution < -0.4 is 25.8 Å². The summed E-state index contributed by atoms with van der Waals surface area (Å²) < 4.78 is 5.53. The van der Waals surface area contributed by atoms with E-state index in [4.69, 9.17) is 10.5 Å². The molecular formula is C38H44N6O4. The van der Waals surface area contributed by atoms with Crippen molar-refractivity contribution in [1.29, 1.82) is 0 Å². The lowest BCUT2D eigenvalue weighted by Crippen LogP contribution is -2.63. The fraction of sp³-hybridized carbons (Fsp3) is 0.447. The molecule has 1 saturated heterocycles. The van der Waals surface area contributed by atoms with E-state index in [1.54, 1.807) is 4.90 Å². The topological polar surface area (TPSA) is 111 Å². The summed E-state index contributed by atoms with van der Waals surface area (Å²) in [6.45, 7) is 4.24. The molecule has 3 aromatic rings. The van der Waals surface area contributed by atoms with Crippen LogP contribution in [-0.4, -0.2) is 68.2 Å². The van der Waals surface area contributed by atoms with E-state index in [1.807, 2.05) is 53.4 Å². The van der Waals surface area contributed by atoms with Gasteiger partial charge in [-0.1, -0.05) is 42.5 Å². The molecule has 5 fully saturated rings. The number of hydrogen-bond donors (Lipinski definition) is 2. The third kappa shape index (κ3) is 5.61. The van der Waals surface area contributed by atoms with E-state index in [-0.39, 0.29) is 36.1 Å². The first-order chi connectivity index (χ1) is 23.4. The van der Waals surface area contributed by atoms with Crippen molar-refractivity contribution in [2.45, 2.75) is 44.8 Å². The van der Waals surface area contributed by atoms with Gasteiger partial charge in [-0.3, -0.25) is 9.69 Å². The maximum Gasteiger partial charge on any atom is 0.410 e. The van der Waals surface area contributed by atoms with Crippen molar-refractivity contribution in [3.8, 4) is 0 Å². The third-order valence-electron chi connectivity index (χ3n) is 11.6. The number of piperazine rings is 1. The second-order valence-corrected chi connectivity index (χ2v) is 14.4. The van der Waals surface area contributed by atoms with Gasteiger partial charge in [0, 0.05) is 62.1 Å². The molecule has 2 aliphatic heterocycles. The van der Waals surface area contributed by atoms with Crippen LogP contribution in [0.1, 0.15) is 37.7 Å². The first-order valence-corrected chi connectivity index (χ1v) is 17.4. The van der Waals surface area contributed by atoms with Gasteiger partial charge in [0.2, 0.25) is 5.91 Å². The Labute approximate surface area is 281 Å². The summed E-state index contributed by atoms with van der Waals surface area (Å²) in [5.41, 5.74) is 10.6. The van der Waals surface area contributed by atoms with E-state index in [0.717, 1.165) is 73.5 Å². The highest BCUT2D eigenvalue weighted by Crippen LogP contribution is 2.60. The SMILES string of the molecule is NC(=O)C12CC3CC(C1)C(NC(=O)N1CCN(c4ccc(N5CCN(C(=O)OCc6ccccc6)CC5)cc4)c4ccccc41)C(C3)C2. The van der Waals surface area contributed by atoms with Crippen molar-refractivity contribution >= 4 is 40.8 Å². The lowest BCUT2D eigenvalue weighted by atomic mass is 9.47. The van der Waals surface area contributed by atoms with Crippen LogP contribution in [0, 0.1) is 23.2 Å². The third-order valence-corrected chi connectivity index (χ3v) is 11.6. The number of nitrogens with zero attached hydrogens (tertiary/aromatic N) is 4. The summed E-state index contributed by atoms with van der Waals surface area (Å²) in [7, 11) is 0. The van der Waals surface area contributed by atoms with Crippen molar-refractivity contribution in [3.05, 3.63) is 84.4 Å². The number of fused-ring (bicyclic) bond motifs is 1. The number of nitrogens with one attached hydrogen (secondary N) is 1. The lowest BCUT2D eigenvalue weighted by molar-refractivity contribution is -0.145. The standard InChI is InChI=1S/C38H44N6O4/c39-35(45)38-22-27-20-28(23-38)34(29(21-27)24-38)40-36(46)44-19-18-43(32-8-4-5-9-33(32)44)31-12-10-30(11-13-31)41-14-16-42(17-15-41)37(47)48-25-26-6-2-1-3-7-26/h1-13,27-29,34H,14-25H2,(H2,39,45)(H,40,46). The van der Waals surface area contributed by atoms with Crippen molar-refractivity contribution in [3.63, 3.8) is 0 Å². The quantitative estimate of drug-likeness (QED) is 0.366. The Morgan fingerprint density at radius 2 is 1.40 bits per heavy atom. The Morgan fingerprint density at radius 3 is 2.08 bits per heavy atom. The molecule has 0 aromatic heterocycles. The molecule has 2 unspecified atom stereocenters. The van der Waals surface area contributed by atoms with Gasteiger partial charge in [-0.05, 0) is 91.8 Å². The molecule has 10 nitrogen and oxygen atoms in total. The largest absolute Gasteiger partial charge is 0.445 e. The molecule has 48 heavy (non-hydrogen) atoms. The first-order valence-electron chi connectivity index (χ1n) is 17.4. The maximum atomic E-state index is 13.9. The van der Waals surface area contributed by atoms with E-state index in [2.05, 4.69) is 45.4 Å². The van der Waals surface area contributed by atoms with Crippen molar-refractivity contribution in [1.82, 2.24) is 10.2 Å². The van der Waals surface area contributed by atoms with Crippen LogP contribution in [0.5, 0.6) is 0 Å². The van der Waals surface area contributed by atoms with E-state index in [9.17, 15) is 14.4 Å². The zero-order chi connectivity index (χ0) is 32.8. The molecule has 2 heterocycles. The molecular weight excluding hydrogens is 604 g/mol. The normalized spacial score (nSPS) is 27.4. The van der Waals surface area contributed by atoms with Crippen LogP contribution in [0.2, 0.25) is 0 Å². The smallest absolute Gasteiger partial charge is 0.410 e. The minimum Gasteiger partial charge on any atom is -0.445 e. The van der Waals surface area contributed by atoms with Gasteiger partial charge in [-0.2, -0.15) is 0 Å². The fourth-order valence-corrected chi connectivity index (χ4v) is 9.42. The van der Waals surface area contributed by atoms with Crippen LogP contribution in [0.15, 0.2) is 78.9 Å². The van der Waals surface area contributed by atoms with Crippen LogP contribution in [0.25, 0.3) is 0 Å². The number of ether oxygens (including phenoxy) is 1. The van der Waals surface area contributed by atoms with Gasteiger partial charge >= 0.3 is 12.1 Å². The van der Waals surface area contributed by atoms with Gasteiger partial charge in [-0.25, -0.2) is 9.59 Å². The Hall–Kier alpha value is -4.73. The predicted molar refractivity (Wildman–Crippen MR) is 185 cm³/mol. The van der Waals surface area contributed by atoms with Gasteiger partial charge in [0.05, 0.1) is 11.4 Å². The number of carbonyl (C=O) groups is 3.